The van der Waals surface area contributed by atoms with E-state index in [1.54, 1.807) is 0 Å². The lowest BCUT2D eigenvalue weighted by Gasteiger charge is -2.33. The molecule has 4 heteroatoms. The molecule has 4 nitrogen and oxygen atoms in total. The number of hydrogen-bond donors (Lipinski definition) is 1. The van der Waals surface area contributed by atoms with Crippen molar-refractivity contribution in [2.75, 3.05) is 19.7 Å². The number of aromatic nitrogens is 2. The molecule has 0 bridgehead atoms. The van der Waals surface area contributed by atoms with E-state index in [0.717, 1.165) is 28.5 Å². The Bertz CT molecular complexity index is 599. The number of hydrogen-bond acceptors (Lipinski definition) is 3. The molecule has 21 heavy (non-hydrogen) atoms. The van der Waals surface area contributed by atoms with Crippen LogP contribution >= 0.6 is 0 Å². The topological polar surface area (TPSA) is 41.1 Å². The third kappa shape index (κ3) is 3.05. The van der Waals surface area contributed by atoms with Crippen LogP contribution < -0.4 is 4.74 Å². The van der Waals surface area contributed by atoms with Crippen LogP contribution in [0.3, 0.4) is 0 Å². The van der Waals surface area contributed by atoms with E-state index in [9.17, 15) is 0 Å². The average molecular weight is 287 g/mol. The first-order valence-electron chi connectivity index (χ1n) is 8.04. The van der Waals surface area contributed by atoms with Gasteiger partial charge in [-0.15, -0.1) is 0 Å². The van der Waals surface area contributed by atoms with Crippen LogP contribution in [0.25, 0.3) is 11.0 Å². The molecule has 0 spiro atoms. The maximum absolute atomic E-state index is 5.55. The fraction of sp³-hybridized carbons (Fsp3) is 0.588. The van der Waals surface area contributed by atoms with E-state index in [-0.39, 0.29) is 0 Å². The first kappa shape index (κ1) is 14.4. The first-order valence-corrected chi connectivity index (χ1v) is 8.04. The van der Waals surface area contributed by atoms with E-state index in [4.69, 9.17) is 9.72 Å². The molecule has 0 saturated carbocycles. The standard InChI is InChI=1S/C17H25N3O/c1-4-21-14-5-6-15-16(11-14)19-17(18-15)13(3)20-9-7-12(2)8-10-20/h5-6,11-13H,4,7-10H2,1-3H3,(H,18,19). The van der Waals surface area contributed by atoms with Crippen LogP contribution in [-0.2, 0) is 0 Å². The Labute approximate surface area is 126 Å². The summed E-state index contributed by atoms with van der Waals surface area (Å²) in [6, 6.07) is 6.41. The Morgan fingerprint density at radius 1 is 1.38 bits per heavy atom. The van der Waals surface area contributed by atoms with E-state index in [1.165, 1.54) is 25.9 Å². The van der Waals surface area contributed by atoms with Gasteiger partial charge in [-0.2, -0.15) is 0 Å². The van der Waals surface area contributed by atoms with Crippen molar-refractivity contribution in [1.82, 2.24) is 14.9 Å². The summed E-state index contributed by atoms with van der Waals surface area (Å²) in [5.41, 5.74) is 2.08. The van der Waals surface area contributed by atoms with Crippen molar-refractivity contribution in [2.45, 2.75) is 39.7 Å². The molecular formula is C17H25N3O. The lowest BCUT2D eigenvalue weighted by atomic mass is 9.98. The lowest BCUT2D eigenvalue weighted by Crippen LogP contribution is -2.35. The summed E-state index contributed by atoms with van der Waals surface area (Å²) < 4.78 is 5.55. The third-order valence-electron chi connectivity index (χ3n) is 4.54. The molecule has 114 valence electrons. The second kappa shape index (κ2) is 6.06. The molecule has 0 amide bonds. The van der Waals surface area contributed by atoms with Crippen LogP contribution in [-0.4, -0.2) is 34.6 Å². The maximum atomic E-state index is 5.55. The monoisotopic (exact) mass is 287 g/mol. The van der Waals surface area contributed by atoms with Gasteiger partial charge in [0.1, 0.15) is 11.6 Å². The number of aromatic amines is 1. The summed E-state index contributed by atoms with van der Waals surface area (Å²) in [5, 5.41) is 0. The van der Waals surface area contributed by atoms with Gasteiger partial charge < -0.3 is 9.72 Å². The minimum absolute atomic E-state index is 0.348. The summed E-state index contributed by atoms with van der Waals surface area (Å²) in [7, 11) is 0. The number of imidazole rings is 1. The van der Waals surface area contributed by atoms with Gasteiger partial charge in [0.05, 0.1) is 23.7 Å². The zero-order valence-corrected chi connectivity index (χ0v) is 13.2. The predicted molar refractivity (Wildman–Crippen MR) is 85.6 cm³/mol. The van der Waals surface area contributed by atoms with Gasteiger partial charge in [-0.1, -0.05) is 6.92 Å². The van der Waals surface area contributed by atoms with Crippen LogP contribution in [0.5, 0.6) is 5.75 Å². The maximum Gasteiger partial charge on any atom is 0.124 e. The summed E-state index contributed by atoms with van der Waals surface area (Å²) in [6.45, 7) is 9.62. The number of fused-ring (bicyclic) bond motifs is 1. The van der Waals surface area contributed by atoms with Gasteiger partial charge in [0.2, 0.25) is 0 Å². The first-order chi connectivity index (χ1) is 10.2. The molecule has 0 aliphatic carbocycles. The van der Waals surface area contributed by atoms with Gasteiger partial charge in [-0.3, -0.25) is 4.90 Å². The van der Waals surface area contributed by atoms with E-state index in [1.807, 2.05) is 25.1 Å². The van der Waals surface area contributed by atoms with E-state index < -0.39 is 0 Å². The molecular weight excluding hydrogens is 262 g/mol. The highest BCUT2D eigenvalue weighted by molar-refractivity contribution is 5.76. The number of H-pyrrole nitrogens is 1. The van der Waals surface area contributed by atoms with Crippen molar-refractivity contribution < 1.29 is 4.74 Å². The Morgan fingerprint density at radius 2 is 2.14 bits per heavy atom. The Hall–Kier alpha value is -1.55. The molecule has 1 N–H and O–H groups in total. The van der Waals surface area contributed by atoms with Crippen molar-refractivity contribution in [2.24, 2.45) is 5.92 Å². The summed E-state index contributed by atoms with van der Waals surface area (Å²) in [6.07, 6.45) is 2.58. The van der Waals surface area contributed by atoms with Gasteiger partial charge in [0.25, 0.3) is 0 Å². The number of likely N-dealkylation sites (tertiary alicyclic amines) is 1. The van der Waals surface area contributed by atoms with Crippen LogP contribution in [0.2, 0.25) is 0 Å². The Kier molecular flexibility index (Phi) is 4.15. The lowest BCUT2D eigenvalue weighted by molar-refractivity contribution is 0.143. The smallest absolute Gasteiger partial charge is 0.124 e. The molecule has 1 fully saturated rings. The van der Waals surface area contributed by atoms with Crippen LogP contribution in [0.15, 0.2) is 18.2 Å². The Morgan fingerprint density at radius 3 is 2.86 bits per heavy atom. The molecule has 1 aromatic carbocycles. The molecule has 1 aromatic heterocycles. The zero-order valence-electron chi connectivity index (χ0n) is 13.2. The van der Waals surface area contributed by atoms with E-state index in [2.05, 4.69) is 23.7 Å². The molecule has 1 saturated heterocycles. The van der Waals surface area contributed by atoms with Crippen molar-refractivity contribution in [3.8, 4) is 5.75 Å². The highest BCUT2D eigenvalue weighted by atomic mass is 16.5. The average Bonchev–Trinajstić information content (AvgIpc) is 2.91. The summed E-state index contributed by atoms with van der Waals surface area (Å²) in [4.78, 5) is 10.8. The fourth-order valence-electron chi connectivity index (χ4n) is 3.05. The van der Waals surface area contributed by atoms with Gasteiger partial charge in [-0.05, 0) is 57.8 Å². The van der Waals surface area contributed by atoms with Crippen LogP contribution in [0, 0.1) is 5.92 Å². The minimum atomic E-state index is 0.348. The molecule has 1 aliphatic rings. The van der Waals surface area contributed by atoms with Crippen LogP contribution in [0.1, 0.15) is 45.5 Å². The molecule has 1 aliphatic heterocycles. The number of nitrogens with zero attached hydrogens (tertiary/aromatic N) is 2. The number of rotatable bonds is 4. The molecule has 3 rings (SSSR count). The summed E-state index contributed by atoms with van der Waals surface area (Å²) >= 11 is 0. The van der Waals surface area contributed by atoms with Crippen molar-refractivity contribution in [3.63, 3.8) is 0 Å². The Balaban J connectivity index is 1.80. The second-order valence-electron chi connectivity index (χ2n) is 6.13. The third-order valence-corrected chi connectivity index (χ3v) is 4.54. The summed E-state index contributed by atoms with van der Waals surface area (Å²) in [5.74, 6) is 2.82. The molecule has 0 radical (unpaired) electrons. The van der Waals surface area contributed by atoms with Crippen molar-refractivity contribution in [1.29, 1.82) is 0 Å². The fourth-order valence-corrected chi connectivity index (χ4v) is 3.05. The zero-order chi connectivity index (χ0) is 14.8. The predicted octanol–water partition coefficient (Wildman–Crippen LogP) is 3.75. The van der Waals surface area contributed by atoms with E-state index >= 15 is 0 Å². The van der Waals surface area contributed by atoms with Gasteiger partial charge in [-0.25, -0.2) is 4.98 Å². The molecule has 2 aromatic rings. The molecule has 2 heterocycles. The number of piperidine rings is 1. The van der Waals surface area contributed by atoms with E-state index in [0.29, 0.717) is 12.6 Å². The van der Waals surface area contributed by atoms with Crippen molar-refractivity contribution >= 4 is 11.0 Å². The normalized spacial score (nSPS) is 19.0. The molecule has 1 unspecified atom stereocenters. The molecule has 1 atom stereocenters. The number of nitrogens with one attached hydrogen (secondary N) is 1. The van der Waals surface area contributed by atoms with Gasteiger partial charge in [0.15, 0.2) is 0 Å². The second-order valence-corrected chi connectivity index (χ2v) is 6.13. The minimum Gasteiger partial charge on any atom is -0.494 e. The highest BCUT2D eigenvalue weighted by Crippen LogP contribution is 2.27. The number of benzene rings is 1. The largest absolute Gasteiger partial charge is 0.494 e. The quantitative estimate of drug-likeness (QED) is 0.931. The highest BCUT2D eigenvalue weighted by Gasteiger charge is 2.23. The van der Waals surface area contributed by atoms with Crippen molar-refractivity contribution in [3.05, 3.63) is 24.0 Å². The van der Waals surface area contributed by atoms with Crippen LogP contribution in [0.4, 0.5) is 0 Å². The van der Waals surface area contributed by atoms with Gasteiger partial charge in [0, 0.05) is 6.07 Å². The van der Waals surface area contributed by atoms with Gasteiger partial charge >= 0.3 is 0 Å². The SMILES string of the molecule is CCOc1ccc2nc(C(C)N3CCC(C)CC3)[nH]c2c1. The number of ether oxygens (including phenoxy) is 1.